The maximum Gasteiger partial charge on any atom is 0.273 e. The number of nitrogens with zero attached hydrogens (tertiary/aromatic N) is 2. The molecule has 10 heteroatoms. The summed E-state index contributed by atoms with van der Waals surface area (Å²) in [6.45, 7) is 4.77. The summed E-state index contributed by atoms with van der Waals surface area (Å²) in [6, 6.07) is 3.24. The Morgan fingerprint density at radius 1 is 1.16 bits per heavy atom. The lowest BCUT2D eigenvalue weighted by molar-refractivity contribution is -0.123. The second-order valence-electron chi connectivity index (χ2n) is 11.0. The van der Waals surface area contributed by atoms with E-state index in [0.29, 0.717) is 43.0 Å². The fourth-order valence-corrected chi connectivity index (χ4v) is 6.09. The highest BCUT2D eigenvalue weighted by Crippen LogP contribution is 2.44. The molecule has 4 aliphatic rings. The zero-order valence-electron chi connectivity index (χ0n) is 22.1. The fraction of sp³-hybridized carbons (Fsp3) is 0.607. The van der Waals surface area contributed by atoms with Gasteiger partial charge in [0.15, 0.2) is 6.29 Å². The first kappa shape index (κ1) is 26.9. The Bertz CT molecular complexity index is 1170. The van der Waals surface area contributed by atoms with E-state index in [2.05, 4.69) is 20.6 Å². The lowest BCUT2D eigenvalue weighted by Crippen LogP contribution is -2.54. The van der Waals surface area contributed by atoms with Crippen molar-refractivity contribution in [2.75, 3.05) is 18.5 Å². The summed E-state index contributed by atoms with van der Waals surface area (Å²) in [5.74, 6) is -2.89. The van der Waals surface area contributed by atoms with E-state index in [1.807, 2.05) is 0 Å². The highest BCUT2D eigenvalue weighted by atomic mass is 19.3. The minimum absolute atomic E-state index is 0.0159. The Balaban J connectivity index is 1.43. The largest absolute Gasteiger partial charge is 0.363 e. The Kier molecular flexibility index (Phi) is 7.39. The molecule has 0 radical (unpaired) electrons. The third-order valence-electron chi connectivity index (χ3n) is 8.14. The standard InChI is InChI=1S/C28H35F3N4O3/c1-16(19-5-4-6-20(24(19)29)27(3,30)31)32-25-23(26-37-13-14-38-26)21(33-17(2)34-25)15-22(36)35-28-10-7-18(8-11-28)9-12-28/h4-6,16,18,26H,7-15H2,1-3H3,(H,35,36)(H,32,33,34). The molecule has 206 valence electrons. The van der Waals surface area contributed by atoms with Gasteiger partial charge in [0.05, 0.1) is 42.5 Å². The fourth-order valence-electron chi connectivity index (χ4n) is 6.09. The molecule has 4 fully saturated rings. The van der Waals surface area contributed by atoms with Gasteiger partial charge in [-0.15, -0.1) is 0 Å². The monoisotopic (exact) mass is 532 g/mol. The Labute approximate surface area is 220 Å². The zero-order chi connectivity index (χ0) is 27.1. The number of nitrogens with one attached hydrogen (secondary N) is 2. The van der Waals surface area contributed by atoms with E-state index in [0.717, 1.165) is 50.5 Å². The van der Waals surface area contributed by atoms with Crippen molar-refractivity contribution >= 4 is 11.7 Å². The van der Waals surface area contributed by atoms with Crippen LogP contribution < -0.4 is 10.6 Å². The Hall–Kier alpha value is -2.72. The minimum atomic E-state index is -3.32. The molecule has 2 aromatic rings. The average molecular weight is 533 g/mol. The van der Waals surface area contributed by atoms with E-state index in [-0.39, 0.29) is 23.4 Å². The van der Waals surface area contributed by atoms with Gasteiger partial charge in [-0.25, -0.2) is 23.1 Å². The normalized spacial score (nSPS) is 24.4. The highest BCUT2D eigenvalue weighted by molar-refractivity contribution is 5.80. The van der Waals surface area contributed by atoms with Crippen molar-refractivity contribution in [1.82, 2.24) is 15.3 Å². The van der Waals surface area contributed by atoms with E-state index in [4.69, 9.17) is 9.47 Å². The van der Waals surface area contributed by atoms with Gasteiger partial charge in [0, 0.05) is 18.0 Å². The SMILES string of the molecule is Cc1nc(CC(=O)NC23CCC(CC2)CC3)c(C2OCCO2)c(NC(C)c2cccc(C(C)(F)F)c2F)n1. The van der Waals surface area contributed by atoms with Crippen molar-refractivity contribution in [3.63, 3.8) is 0 Å². The quantitative estimate of drug-likeness (QED) is 0.458. The van der Waals surface area contributed by atoms with Crippen LogP contribution in [-0.4, -0.2) is 34.6 Å². The minimum Gasteiger partial charge on any atom is -0.363 e. The molecule has 1 saturated heterocycles. The smallest absolute Gasteiger partial charge is 0.273 e. The molecule has 3 aliphatic carbocycles. The number of aromatic nitrogens is 2. The van der Waals surface area contributed by atoms with Crippen molar-refractivity contribution in [3.8, 4) is 0 Å². The summed E-state index contributed by atoms with van der Waals surface area (Å²) >= 11 is 0. The van der Waals surface area contributed by atoms with Crippen molar-refractivity contribution in [1.29, 1.82) is 0 Å². The molecule has 1 atom stereocenters. The van der Waals surface area contributed by atoms with Gasteiger partial charge in [-0.2, -0.15) is 0 Å². The average Bonchev–Trinajstić information content (AvgIpc) is 3.38. The molecular weight excluding hydrogens is 497 g/mol. The first-order valence-electron chi connectivity index (χ1n) is 13.4. The molecule has 1 aromatic carbocycles. The van der Waals surface area contributed by atoms with Crippen LogP contribution in [0.2, 0.25) is 0 Å². The van der Waals surface area contributed by atoms with Crippen LogP contribution in [0.1, 0.15) is 92.9 Å². The van der Waals surface area contributed by atoms with E-state index in [1.54, 1.807) is 13.8 Å². The van der Waals surface area contributed by atoms with Gasteiger partial charge in [0.2, 0.25) is 5.91 Å². The molecule has 1 amide bonds. The van der Waals surface area contributed by atoms with E-state index >= 15 is 4.39 Å². The number of carbonyl (C=O) groups excluding carboxylic acids is 1. The second-order valence-corrected chi connectivity index (χ2v) is 11.0. The van der Waals surface area contributed by atoms with Gasteiger partial charge in [0.25, 0.3) is 5.92 Å². The van der Waals surface area contributed by atoms with E-state index < -0.39 is 29.6 Å². The Morgan fingerprint density at radius 3 is 2.45 bits per heavy atom. The number of alkyl halides is 2. The molecule has 7 nitrogen and oxygen atoms in total. The number of halogens is 3. The van der Waals surface area contributed by atoms with Crippen LogP contribution in [0.4, 0.5) is 19.0 Å². The topological polar surface area (TPSA) is 85.4 Å². The highest BCUT2D eigenvalue weighted by Gasteiger charge is 2.41. The van der Waals surface area contributed by atoms with Crippen molar-refractivity contribution < 1.29 is 27.4 Å². The molecule has 2 N–H and O–H groups in total. The summed E-state index contributed by atoms with van der Waals surface area (Å²) in [4.78, 5) is 22.4. The first-order chi connectivity index (χ1) is 18.0. The van der Waals surface area contributed by atoms with Crippen LogP contribution in [0.5, 0.6) is 0 Å². The van der Waals surface area contributed by atoms with Crippen molar-refractivity contribution in [2.24, 2.45) is 5.92 Å². The summed E-state index contributed by atoms with van der Waals surface area (Å²) in [5.41, 5.74) is 0.196. The lowest BCUT2D eigenvalue weighted by Gasteiger charge is -2.47. The number of benzene rings is 1. The van der Waals surface area contributed by atoms with Crippen molar-refractivity contribution in [3.05, 3.63) is 52.2 Å². The van der Waals surface area contributed by atoms with Gasteiger partial charge in [-0.1, -0.05) is 18.2 Å². The summed E-state index contributed by atoms with van der Waals surface area (Å²) < 4.78 is 54.5. The van der Waals surface area contributed by atoms with Crippen LogP contribution in [0, 0.1) is 18.7 Å². The third-order valence-corrected chi connectivity index (χ3v) is 8.14. The number of carbonyl (C=O) groups is 1. The number of ether oxygens (including phenoxy) is 2. The van der Waals surface area contributed by atoms with E-state index in [9.17, 15) is 13.6 Å². The van der Waals surface area contributed by atoms with Gasteiger partial charge in [0.1, 0.15) is 17.5 Å². The van der Waals surface area contributed by atoms with Gasteiger partial charge >= 0.3 is 0 Å². The predicted octanol–water partition coefficient (Wildman–Crippen LogP) is 5.64. The number of anilines is 1. The van der Waals surface area contributed by atoms with Gasteiger partial charge in [-0.05, 0) is 58.3 Å². The third kappa shape index (κ3) is 5.52. The number of hydrogen-bond donors (Lipinski definition) is 2. The van der Waals surface area contributed by atoms with E-state index in [1.165, 1.54) is 12.1 Å². The molecule has 1 aliphatic heterocycles. The van der Waals surface area contributed by atoms with Crippen LogP contribution in [0.25, 0.3) is 0 Å². The number of aryl methyl sites for hydroxylation is 1. The molecule has 2 heterocycles. The van der Waals surface area contributed by atoms with Gasteiger partial charge < -0.3 is 20.1 Å². The number of fused-ring (bicyclic) bond motifs is 3. The van der Waals surface area contributed by atoms with Crippen molar-refractivity contribution in [2.45, 2.75) is 89.5 Å². The van der Waals surface area contributed by atoms with Crippen LogP contribution in [-0.2, 0) is 26.6 Å². The van der Waals surface area contributed by atoms with Crippen LogP contribution in [0.3, 0.4) is 0 Å². The molecule has 38 heavy (non-hydrogen) atoms. The molecule has 0 spiro atoms. The molecule has 6 rings (SSSR count). The van der Waals surface area contributed by atoms with Gasteiger partial charge in [-0.3, -0.25) is 4.79 Å². The molecular formula is C28H35F3N4O3. The molecule has 3 saturated carbocycles. The number of amides is 1. The second kappa shape index (κ2) is 10.4. The molecule has 1 aromatic heterocycles. The molecule has 1 unspecified atom stereocenters. The van der Waals surface area contributed by atoms with Crippen LogP contribution >= 0.6 is 0 Å². The summed E-state index contributed by atoms with van der Waals surface area (Å²) in [6.07, 6.45) is 5.66. The van der Waals surface area contributed by atoms with Crippen LogP contribution in [0.15, 0.2) is 18.2 Å². The summed E-state index contributed by atoms with van der Waals surface area (Å²) in [5, 5.41) is 6.45. The lowest BCUT2D eigenvalue weighted by atomic mass is 9.66. The Morgan fingerprint density at radius 2 is 1.82 bits per heavy atom. The summed E-state index contributed by atoms with van der Waals surface area (Å²) in [7, 11) is 0. The zero-order valence-corrected chi connectivity index (χ0v) is 22.1. The molecule has 2 bridgehead atoms. The maximum absolute atomic E-state index is 15.1. The predicted molar refractivity (Wildman–Crippen MR) is 135 cm³/mol. The first-order valence-corrected chi connectivity index (χ1v) is 13.4. The number of rotatable bonds is 8. The number of hydrogen-bond acceptors (Lipinski definition) is 6. The maximum atomic E-state index is 15.1.